The Morgan fingerprint density at radius 2 is 1.76 bits per heavy atom. The Hall–Kier alpha value is -5.81. The number of aliphatic hydroxyl groups is 1. The van der Waals surface area contributed by atoms with Crippen molar-refractivity contribution in [2.24, 2.45) is 17.8 Å². The molecule has 7 bridgehead atoms. The maximum atomic E-state index is 14.8. The highest BCUT2D eigenvalue weighted by molar-refractivity contribution is 6.22. The summed E-state index contributed by atoms with van der Waals surface area (Å²) in [6, 6.07) is 5.13. The van der Waals surface area contributed by atoms with Crippen LogP contribution in [0.2, 0.25) is 0 Å². The zero-order valence-electron chi connectivity index (χ0n) is 38.7. The normalized spacial score (nSPS) is 30.5. The number of benzene rings is 3. The van der Waals surface area contributed by atoms with Gasteiger partial charge in [0.05, 0.1) is 35.5 Å². The second kappa shape index (κ2) is 18.8. The average molecular weight is 910 g/mol. The highest BCUT2D eigenvalue weighted by atomic mass is 16.7. The molecule has 9 rings (SSSR count). The molecule has 9 atom stereocenters. The van der Waals surface area contributed by atoms with E-state index in [9.17, 15) is 29.4 Å². The van der Waals surface area contributed by atoms with Gasteiger partial charge >= 0.3 is 11.8 Å². The summed E-state index contributed by atoms with van der Waals surface area (Å²) in [6.07, 6.45) is 8.44. The quantitative estimate of drug-likeness (QED) is 0.101. The fraction of sp³-hybridized carbons (Fsp3) is 0.500. The van der Waals surface area contributed by atoms with Crippen LogP contribution < -0.4 is 20.2 Å². The van der Waals surface area contributed by atoms with Gasteiger partial charge in [-0.25, -0.2) is 4.98 Å². The van der Waals surface area contributed by atoms with Gasteiger partial charge in [0.25, 0.3) is 11.7 Å². The molecule has 66 heavy (non-hydrogen) atoms. The number of nitrogens with zero attached hydrogens (tertiary/aromatic N) is 2. The summed E-state index contributed by atoms with van der Waals surface area (Å²) in [4.78, 5) is 63.4. The first kappa shape index (κ1) is 46.7. The highest BCUT2D eigenvalue weighted by Crippen LogP contribution is 2.50. The number of carbonyl (C=O) groups excluding carboxylic acids is 3. The molecule has 2 saturated heterocycles. The van der Waals surface area contributed by atoms with E-state index in [1.807, 2.05) is 19.9 Å². The van der Waals surface area contributed by atoms with Gasteiger partial charge in [0.1, 0.15) is 53.0 Å². The SMILES string of the molecule is CO[C@H]1/C=C/O[C@@]2(C)Oc3c(C)c(O)c4c(=O)c(c5oc6cc(OCCN7CCCCCC7)ccc6nc-5c4c3C2=O)NC(=O)/C(C)=C\C=C\[C@H](C)[C@@H]2O[C@H]([C@H](O)[C@@H]2C)[C@H](OC(C)=O)[C@@H]1C. The zero-order chi connectivity index (χ0) is 47.2. The predicted molar refractivity (Wildman–Crippen MR) is 245 cm³/mol. The molecular weight excluding hydrogens is 851 g/mol. The first-order chi connectivity index (χ1) is 31.5. The number of anilines is 1. The number of fused-ring (bicyclic) bond motifs is 9. The number of likely N-dealkylation sites (tertiary alicyclic amines) is 1. The Bertz CT molecular complexity index is 2660. The van der Waals surface area contributed by atoms with Crippen LogP contribution in [0.25, 0.3) is 33.3 Å². The molecule has 0 unspecified atom stereocenters. The van der Waals surface area contributed by atoms with Crippen molar-refractivity contribution in [3.05, 3.63) is 75.7 Å². The third-order valence-electron chi connectivity index (χ3n) is 13.6. The van der Waals surface area contributed by atoms with Gasteiger partial charge in [-0.3, -0.25) is 24.1 Å². The van der Waals surface area contributed by atoms with Crippen molar-refractivity contribution in [1.29, 1.82) is 0 Å². The number of nitrogens with one attached hydrogen (secondary N) is 1. The lowest BCUT2D eigenvalue weighted by atomic mass is 9.86. The van der Waals surface area contributed by atoms with Crippen LogP contribution in [-0.2, 0) is 28.5 Å². The van der Waals surface area contributed by atoms with Gasteiger partial charge in [-0.1, -0.05) is 51.8 Å². The van der Waals surface area contributed by atoms with Crippen LogP contribution in [0, 0.1) is 24.7 Å². The van der Waals surface area contributed by atoms with Crippen LogP contribution in [0.4, 0.5) is 5.69 Å². The Morgan fingerprint density at radius 3 is 2.47 bits per heavy atom. The predicted octanol–water partition coefficient (Wildman–Crippen LogP) is 6.97. The number of ether oxygens (including phenoxy) is 6. The van der Waals surface area contributed by atoms with Crippen molar-refractivity contribution >= 4 is 45.2 Å². The Morgan fingerprint density at radius 1 is 1.02 bits per heavy atom. The van der Waals surface area contributed by atoms with Crippen molar-refractivity contribution < 1.29 is 57.4 Å². The number of hydrogen-bond acceptors (Lipinski definition) is 15. The summed E-state index contributed by atoms with van der Waals surface area (Å²) >= 11 is 0. The van der Waals surface area contributed by atoms with E-state index in [0.29, 0.717) is 17.9 Å². The van der Waals surface area contributed by atoms with Crippen molar-refractivity contribution in [3.63, 3.8) is 0 Å². The fourth-order valence-corrected chi connectivity index (χ4v) is 9.70. The van der Waals surface area contributed by atoms with Crippen molar-refractivity contribution in [1.82, 2.24) is 9.88 Å². The van der Waals surface area contributed by atoms with E-state index in [1.165, 1.54) is 53.1 Å². The number of ketones is 1. The molecule has 7 aliphatic rings. The number of carbonyl (C=O) groups is 3. The van der Waals surface area contributed by atoms with E-state index < -0.39 is 71.1 Å². The first-order valence-electron chi connectivity index (χ1n) is 22.8. The number of esters is 1. The van der Waals surface area contributed by atoms with Crippen LogP contribution >= 0.6 is 0 Å². The fourth-order valence-electron chi connectivity index (χ4n) is 9.70. The van der Waals surface area contributed by atoms with Crippen LogP contribution in [0.3, 0.4) is 0 Å². The molecule has 352 valence electrons. The molecule has 3 N–H and O–H groups in total. The van der Waals surface area contributed by atoms with Crippen LogP contribution in [0.15, 0.2) is 63.6 Å². The topological polar surface area (TPSA) is 205 Å². The molecule has 0 spiro atoms. The second-order valence-corrected chi connectivity index (χ2v) is 18.2. The summed E-state index contributed by atoms with van der Waals surface area (Å²) in [6.45, 7) is 14.6. The summed E-state index contributed by atoms with van der Waals surface area (Å²) in [5.41, 5.74) is -0.306. The van der Waals surface area contributed by atoms with Crippen LogP contribution in [0.1, 0.15) is 83.1 Å². The number of hydrogen-bond donors (Lipinski definition) is 3. The first-order valence-corrected chi connectivity index (χ1v) is 22.8. The minimum Gasteiger partial charge on any atom is -0.507 e. The molecule has 6 aliphatic heterocycles. The van der Waals surface area contributed by atoms with Gasteiger partial charge in [-0.15, -0.1) is 0 Å². The molecule has 16 nitrogen and oxygen atoms in total. The molecule has 2 aromatic rings. The summed E-state index contributed by atoms with van der Waals surface area (Å²) in [7, 11) is 1.46. The summed E-state index contributed by atoms with van der Waals surface area (Å²) in [5.74, 6) is -5.37. The van der Waals surface area contributed by atoms with Gasteiger partial charge in [-0.2, -0.15) is 0 Å². The van der Waals surface area contributed by atoms with Crippen LogP contribution in [-0.4, -0.2) is 107 Å². The zero-order valence-corrected chi connectivity index (χ0v) is 38.7. The number of aromatic hydroxyl groups is 1. The van der Waals surface area contributed by atoms with E-state index >= 15 is 0 Å². The second-order valence-electron chi connectivity index (χ2n) is 18.2. The molecule has 1 amide bonds. The van der Waals surface area contributed by atoms with E-state index in [2.05, 4.69) is 10.2 Å². The molecule has 16 heteroatoms. The number of allylic oxidation sites excluding steroid dienone is 2. The summed E-state index contributed by atoms with van der Waals surface area (Å²) < 4.78 is 43.2. The number of phenolic OH excluding ortho intramolecular Hbond substituents is 1. The Labute approximate surface area is 382 Å². The van der Waals surface area contributed by atoms with Crippen molar-refractivity contribution in [3.8, 4) is 28.7 Å². The molecular formula is C50H59N3O13. The number of aromatic nitrogens is 1. The number of aliphatic hydroxyl groups excluding tert-OH is 1. The maximum absolute atomic E-state index is 14.8. The molecule has 0 aromatic heterocycles. The molecule has 0 radical (unpaired) electrons. The minimum atomic E-state index is -2.02. The number of rotatable bonds is 6. The lowest BCUT2D eigenvalue weighted by molar-refractivity contribution is -0.168. The summed E-state index contributed by atoms with van der Waals surface area (Å²) in [5, 5.41) is 25.8. The monoisotopic (exact) mass is 909 g/mol. The van der Waals surface area contributed by atoms with Crippen molar-refractivity contribution in [2.45, 2.75) is 110 Å². The maximum Gasteiger partial charge on any atom is 0.312 e. The third-order valence-corrected chi connectivity index (χ3v) is 13.6. The lowest BCUT2D eigenvalue weighted by Crippen LogP contribution is -2.46. The Balaban J connectivity index is 1.26. The Kier molecular flexibility index (Phi) is 13.3. The van der Waals surface area contributed by atoms with E-state index in [0.717, 1.165) is 32.5 Å². The molecule has 6 heterocycles. The van der Waals surface area contributed by atoms with Gasteiger partial charge < -0.3 is 48.4 Å². The largest absolute Gasteiger partial charge is 0.507 e. The molecule has 2 aromatic carbocycles. The van der Waals surface area contributed by atoms with Gasteiger partial charge in [0.15, 0.2) is 11.3 Å². The highest BCUT2D eigenvalue weighted by Gasteiger charge is 2.51. The molecule has 2 fully saturated rings. The number of amides is 1. The standard InChI is InChI=1S/C50H59N3O13/c1-25-14-13-15-26(2)49(59)52-39-42(57)36-35(38-46(39)64-34-24-31(16-17-32(34)51-38)61-23-21-53-19-11-9-10-12-20-53)37-44(28(4)40(36)55)66-50(7,48(37)58)62-22-18-33(60-8)27(3)45(63-30(6)54)47-41(56)29(5)43(25)65-47/h13-18,22,24-25,27,29,33,41,43,45,47,55-56H,9-12,19-21,23H2,1-8H3,(H,52,59)/b14-13+,22-18+,26-15-/t25-,27+,29-,33-,41+,43-,45+,47+,50-/m0/s1. The van der Waals surface area contributed by atoms with Crippen LogP contribution in [0.5, 0.6) is 17.2 Å². The van der Waals surface area contributed by atoms with E-state index in [1.54, 1.807) is 44.2 Å². The molecule has 0 saturated carbocycles. The van der Waals surface area contributed by atoms with Gasteiger partial charge in [0, 0.05) is 67.8 Å². The van der Waals surface area contributed by atoms with E-state index in [4.69, 9.17) is 37.8 Å². The van der Waals surface area contributed by atoms with Gasteiger partial charge in [0.2, 0.25) is 5.43 Å². The lowest BCUT2D eigenvalue weighted by Gasteiger charge is -2.33. The number of phenols is 1. The smallest absolute Gasteiger partial charge is 0.312 e. The number of methoxy groups -OCH3 is 1. The molecule has 1 aliphatic carbocycles. The minimum absolute atomic E-state index is 0.00964. The van der Waals surface area contributed by atoms with Crippen molar-refractivity contribution in [2.75, 3.05) is 38.7 Å². The van der Waals surface area contributed by atoms with E-state index in [-0.39, 0.29) is 67.8 Å². The third kappa shape index (κ3) is 8.67. The number of Topliss-reactive ketones (excluding diaryl/α,β-unsaturated/α-hetero) is 1. The van der Waals surface area contributed by atoms with Gasteiger partial charge in [-0.05, 0) is 58.0 Å². The average Bonchev–Trinajstić information content (AvgIpc) is 3.56.